The molecule has 3 heterocycles. The van der Waals surface area contributed by atoms with E-state index in [0.29, 0.717) is 12.5 Å². The Morgan fingerprint density at radius 2 is 1.88 bits per heavy atom. The Labute approximate surface area is 192 Å². The van der Waals surface area contributed by atoms with E-state index in [2.05, 4.69) is 27.0 Å². The lowest BCUT2D eigenvalue weighted by Gasteiger charge is -2.31. The summed E-state index contributed by atoms with van der Waals surface area (Å²) in [6.45, 7) is 4.05. The number of benzene rings is 2. The van der Waals surface area contributed by atoms with Crippen molar-refractivity contribution in [3.05, 3.63) is 82.1 Å². The molecule has 1 saturated heterocycles. The minimum Gasteiger partial charge on any atom is -0.508 e. The number of aromatic nitrogens is 2. The normalized spacial score (nSPS) is 15.5. The van der Waals surface area contributed by atoms with E-state index in [9.17, 15) is 9.50 Å². The van der Waals surface area contributed by atoms with Crippen molar-refractivity contribution in [2.24, 2.45) is 5.92 Å². The largest absolute Gasteiger partial charge is 0.508 e. The monoisotopic (exact) mass is 449 g/mol. The Balaban J connectivity index is 1.28. The van der Waals surface area contributed by atoms with Crippen LogP contribution in [0.2, 0.25) is 0 Å². The van der Waals surface area contributed by atoms with Crippen molar-refractivity contribution in [2.45, 2.75) is 32.2 Å². The van der Waals surface area contributed by atoms with Crippen molar-refractivity contribution in [3.8, 4) is 5.75 Å². The van der Waals surface area contributed by atoms with Crippen LogP contribution in [0.15, 0.2) is 60.0 Å². The van der Waals surface area contributed by atoms with Gasteiger partial charge in [0.15, 0.2) is 0 Å². The van der Waals surface area contributed by atoms with E-state index >= 15 is 0 Å². The van der Waals surface area contributed by atoms with E-state index in [1.165, 1.54) is 29.9 Å². The molecule has 0 unspecified atom stereocenters. The first kappa shape index (κ1) is 21.2. The molecule has 6 heteroatoms. The van der Waals surface area contributed by atoms with Crippen LogP contribution in [0, 0.1) is 11.7 Å². The third kappa shape index (κ3) is 4.87. The maximum absolute atomic E-state index is 13.4. The molecule has 5 rings (SSSR count). The van der Waals surface area contributed by atoms with Gasteiger partial charge in [-0.1, -0.05) is 18.2 Å². The van der Waals surface area contributed by atoms with Crippen LogP contribution < -0.4 is 0 Å². The number of rotatable bonds is 7. The second kappa shape index (κ2) is 9.43. The SMILES string of the molecule is Oc1ccc2c(c1)nc(CC1CCN(CCc3cccs3)CC1)n2Cc1ccc(F)cc1. The van der Waals surface area contributed by atoms with Gasteiger partial charge in [0.2, 0.25) is 0 Å². The molecule has 166 valence electrons. The zero-order chi connectivity index (χ0) is 21.9. The molecular weight excluding hydrogens is 421 g/mol. The number of phenolic OH excluding ortho intramolecular Hbond substituents is 1. The fourth-order valence-electron chi connectivity index (χ4n) is 4.67. The van der Waals surface area contributed by atoms with E-state index in [1.54, 1.807) is 12.1 Å². The molecule has 0 aliphatic carbocycles. The summed E-state index contributed by atoms with van der Waals surface area (Å²) in [6, 6.07) is 16.4. The molecule has 1 fully saturated rings. The van der Waals surface area contributed by atoms with Gasteiger partial charge in [-0.25, -0.2) is 9.37 Å². The number of phenols is 1. The van der Waals surface area contributed by atoms with Gasteiger partial charge in [0.05, 0.1) is 11.0 Å². The quantitative estimate of drug-likeness (QED) is 0.406. The Morgan fingerprint density at radius 3 is 2.62 bits per heavy atom. The van der Waals surface area contributed by atoms with Crippen LogP contribution in [-0.2, 0) is 19.4 Å². The Hall–Kier alpha value is -2.70. The van der Waals surface area contributed by atoms with Crippen LogP contribution in [0.1, 0.15) is 29.1 Å². The Kier molecular flexibility index (Phi) is 6.23. The van der Waals surface area contributed by atoms with Gasteiger partial charge in [-0.05, 0) is 79.5 Å². The van der Waals surface area contributed by atoms with E-state index in [0.717, 1.165) is 54.9 Å². The lowest BCUT2D eigenvalue weighted by atomic mass is 9.93. The number of fused-ring (bicyclic) bond motifs is 1. The molecule has 2 aromatic heterocycles. The molecule has 4 aromatic rings. The van der Waals surface area contributed by atoms with Crippen LogP contribution in [0.4, 0.5) is 4.39 Å². The minimum atomic E-state index is -0.222. The molecule has 4 nitrogen and oxygen atoms in total. The number of nitrogens with zero attached hydrogens (tertiary/aromatic N) is 3. The van der Waals surface area contributed by atoms with E-state index in [4.69, 9.17) is 4.98 Å². The average Bonchev–Trinajstić information content (AvgIpc) is 3.43. The lowest BCUT2D eigenvalue weighted by Crippen LogP contribution is -2.35. The number of hydrogen-bond donors (Lipinski definition) is 1. The van der Waals surface area contributed by atoms with Crippen molar-refractivity contribution in [1.82, 2.24) is 14.5 Å². The van der Waals surface area contributed by atoms with Crippen LogP contribution in [0.3, 0.4) is 0 Å². The van der Waals surface area contributed by atoms with Crippen molar-refractivity contribution in [2.75, 3.05) is 19.6 Å². The zero-order valence-corrected chi connectivity index (χ0v) is 18.9. The molecule has 2 aromatic carbocycles. The number of hydrogen-bond acceptors (Lipinski definition) is 4. The standard InChI is InChI=1S/C26H28FN3OS/c27-21-5-3-20(4-6-21)18-30-25-8-7-22(31)17-24(25)28-26(30)16-19-9-12-29(13-10-19)14-11-23-2-1-15-32-23/h1-8,15,17,19,31H,9-14,16,18H2. The van der Waals surface area contributed by atoms with Gasteiger partial charge in [0.25, 0.3) is 0 Å². The first-order chi connectivity index (χ1) is 15.6. The van der Waals surface area contributed by atoms with Gasteiger partial charge in [0, 0.05) is 30.5 Å². The average molecular weight is 450 g/mol. The third-order valence-corrected chi connectivity index (χ3v) is 7.43. The summed E-state index contributed by atoms with van der Waals surface area (Å²) in [5.41, 5.74) is 2.87. The number of imidazole rings is 1. The van der Waals surface area contributed by atoms with E-state index in [-0.39, 0.29) is 11.6 Å². The molecule has 32 heavy (non-hydrogen) atoms. The number of halogens is 1. The van der Waals surface area contributed by atoms with E-state index < -0.39 is 0 Å². The van der Waals surface area contributed by atoms with Crippen molar-refractivity contribution < 1.29 is 9.50 Å². The maximum atomic E-state index is 13.4. The highest BCUT2D eigenvalue weighted by Crippen LogP contribution is 2.27. The maximum Gasteiger partial charge on any atom is 0.123 e. The van der Waals surface area contributed by atoms with Crippen LogP contribution >= 0.6 is 11.3 Å². The Morgan fingerprint density at radius 1 is 1.06 bits per heavy atom. The van der Waals surface area contributed by atoms with Gasteiger partial charge in [-0.2, -0.15) is 0 Å². The summed E-state index contributed by atoms with van der Waals surface area (Å²) < 4.78 is 15.6. The molecule has 0 spiro atoms. The topological polar surface area (TPSA) is 41.3 Å². The third-order valence-electron chi connectivity index (χ3n) is 6.50. The second-order valence-electron chi connectivity index (χ2n) is 8.73. The summed E-state index contributed by atoms with van der Waals surface area (Å²) in [5.74, 6) is 1.66. The molecule has 0 saturated carbocycles. The van der Waals surface area contributed by atoms with Gasteiger partial charge >= 0.3 is 0 Å². The molecule has 1 aliphatic heterocycles. The molecule has 0 bridgehead atoms. The highest BCUT2D eigenvalue weighted by atomic mass is 32.1. The number of aromatic hydroxyl groups is 1. The molecule has 1 N–H and O–H groups in total. The molecule has 0 amide bonds. The van der Waals surface area contributed by atoms with Crippen LogP contribution in [0.5, 0.6) is 5.75 Å². The van der Waals surface area contributed by atoms with Gasteiger partial charge in [0.1, 0.15) is 17.4 Å². The molecule has 0 atom stereocenters. The summed E-state index contributed by atoms with van der Waals surface area (Å²) in [7, 11) is 0. The molecule has 0 radical (unpaired) electrons. The van der Waals surface area contributed by atoms with Gasteiger partial charge in [-0.3, -0.25) is 0 Å². The van der Waals surface area contributed by atoms with Gasteiger partial charge < -0.3 is 14.6 Å². The predicted molar refractivity (Wildman–Crippen MR) is 128 cm³/mol. The van der Waals surface area contributed by atoms with Crippen molar-refractivity contribution in [1.29, 1.82) is 0 Å². The number of likely N-dealkylation sites (tertiary alicyclic amines) is 1. The fraction of sp³-hybridized carbons (Fsp3) is 0.346. The molecular formula is C26H28FN3OS. The smallest absolute Gasteiger partial charge is 0.123 e. The van der Waals surface area contributed by atoms with Crippen LogP contribution in [-0.4, -0.2) is 39.2 Å². The van der Waals surface area contributed by atoms with Crippen LogP contribution in [0.25, 0.3) is 11.0 Å². The summed E-state index contributed by atoms with van der Waals surface area (Å²) >= 11 is 1.84. The Bertz CT molecular complexity index is 1160. The number of thiophene rings is 1. The highest BCUT2D eigenvalue weighted by molar-refractivity contribution is 7.09. The van der Waals surface area contributed by atoms with Crippen molar-refractivity contribution >= 4 is 22.4 Å². The first-order valence-electron chi connectivity index (χ1n) is 11.3. The van der Waals surface area contributed by atoms with E-state index in [1.807, 2.05) is 29.5 Å². The minimum absolute atomic E-state index is 0.222. The first-order valence-corrected chi connectivity index (χ1v) is 12.2. The zero-order valence-electron chi connectivity index (χ0n) is 18.1. The fourth-order valence-corrected chi connectivity index (χ4v) is 5.37. The number of piperidine rings is 1. The highest BCUT2D eigenvalue weighted by Gasteiger charge is 2.22. The van der Waals surface area contributed by atoms with Crippen molar-refractivity contribution in [3.63, 3.8) is 0 Å². The van der Waals surface area contributed by atoms with Gasteiger partial charge in [-0.15, -0.1) is 11.3 Å². The second-order valence-corrected chi connectivity index (χ2v) is 9.76. The predicted octanol–water partition coefficient (Wildman–Crippen LogP) is 5.49. The summed E-state index contributed by atoms with van der Waals surface area (Å²) in [5, 5.41) is 12.1. The molecule has 1 aliphatic rings. The summed E-state index contributed by atoms with van der Waals surface area (Å²) in [6.07, 6.45) is 4.42. The lowest BCUT2D eigenvalue weighted by molar-refractivity contribution is 0.184. The summed E-state index contributed by atoms with van der Waals surface area (Å²) in [4.78, 5) is 8.93.